The van der Waals surface area contributed by atoms with E-state index >= 15 is 0 Å². The summed E-state index contributed by atoms with van der Waals surface area (Å²) < 4.78 is 11.4. The van der Waals surface area contributed by atoms with Crippen LogP contribution in [0.2, 0.25) is 0 Å². The molecule has 0 saturated heterocycles. The Kier molecular flexibility index (Phi) is 6.68. The number of carbonyl (C=O) groups is 3. The lowest BCUT2D eigenvalue weighted by Crippen LogP contribution is -2.40. The fourth-order valence-corrected chi connectivity index (χ4v) is 4.04. The van der Waals surface area contributed by atoms with Crippen LogP contribution in [0, 0.1) is 6.92 Å². The van der Waals surface area contributed by atoms with Gasteiger partial charge < -0.3 is 20.1 Å². The fraction of sp³-hybridized carbons (Fsp3) is 0.100. The Morgan fingerprint density at radius 1 is 0.730 bits per heavy atom. The summed E-state index contributed by atoms with van der Waals surface area (Å²) >= 11 is 0. The highest BCUT2D eigenvalue weighted by molar-refractivity contribution is 6.16. The van der Waals surface area contributed by atoms with Gasteiger partial charge in [0.15, 0.2) is 17.3 Å². The van der Waals surface area contributed by atoms with E-state index in [1.165, 1.54) is 0 Å². The molecule has 7 heteroatoms. The van der Waals surface area contributed by atoms with Crippen LogP contribution in [0.5, 0.6) is 11.5 Å². The molecular weight excluding hydrogens is 468 g/mol. The molecule has 37 heavy (non-hydrogen) atoms. The molecule has 1 aliphatic heterocycles. The summed E-state index contributed by atoms with van der Waals surface area (Å²) in [6, 6.07) is 27.9. The van der Waals surface area contributed by atoms with Gasteiger partial charge in [-0.3, -0.25) is 14.4 Å². The third-order valence-corrected chi connectivity index (χ3v) is 5.93. The molecule has 2 amide bonds. The Hall–Kier alpha value is -4.91. The number of aryl methyl sites for hydroxylation is 1. The van der Waals surface area contributed by atoms with Crippen molar-refractivity contribution in [3.05, 3.63) is 119 Å². The molecule has 5 rings (SSSR count). The lowest BCUT2D eigenvalue weighted by atomic mass is 9.99. The van der Waals surface area contributed by atoms with E-state index in [1.54, 1.807) is 78.9 Å². The van der Waals surface area contributed by atoms with E-state index in [0.29, 0.717) is 34.0 Å². The summed E-state index contributed by atoms with van der Waals surface area (Å²) in [7, 11) is 0. The lowest BCUT2D eigenvalue weighted by Gasteiger charge is -2.25. The number of anilines is 2. The van der Waals surface area contributed by atoms with Gasteiger partial charge in [0.2, 0.25) is 6.10 Å². The minimum Gasteiger partial charge on any atom is -0.485 e. The lowest BCUT2D eigenvalue weighted by molar-refractivity contribution is -0.125. The average Bonchev–Trinajstić information content (AvgIpc) is 2.94. The van der Waals surface area contributed by atoms with E-state index in [0.717, 1.165) is 5.56 Å². The van der Waals surface area contributed by atoms with Crippen LogP contribution in [-0.2, 0) is 4.79 Å². The predicted octanol–water partition coefficient (Wildman–Crippen LogP) is 5.26. The Labute approximate surface area is 214 Å². The smallest absolute Gasteiger partial charge is 0.269 e. The van der Waals surface area contributed by atoms with Crippen LogP contribution >= 0.6 is 0 Å². The number of para-hydroxylation sites is 3. The summed E-state index contributed by atoms with van der Waals surface area (Å²) in [5.74, 6) is -0.0471. The number of benzene rings is 4. The minimum atomic E-state index is -0.877. The van der Waals surface area contributed by atoms with Gasteiger partial charge in [0.1, 0.15) is 6.61 Å². The zero-order chi connectivity index (χ0) is 25.8. The average molecular weight is 493 g/mol. The van der Waals surface area contributed by atoms with Crippen molar-refractivity contribution in [2.75, 3.05) is 17.2 Å². The van der Waals surface area contributed by atoms with Gasteiger partial charge in [0.25, 0.3) is 11.8 Å². The number of hydrogen-bond donors (Lipinski definition) is 2. The maximum Gasteiger partial charge on any atom is 0.269 e. The maximum absolute atomic E-state index is 13.3. The van der Waals surface area contributed by atoms with Gasteiger partial charge in [0.05, 0.1) is 16.9 Å². The van der Waals surface area contributed by atoms with Gasteiger partial charge in [-0.05, 0) is 43.3 Å². The number of ether oxygens (including phenoxy) is 2. The molecule has 0 unspecified atom stereocenters. The zero-order valence-corrected chi connectivity index (χ0v) is 20.1. The molecule has 184 valence electrons. The topological polar surface area (TPSA) is 93.7 Å². The van der Waals surface area contributed by atoms with Gasteiger partial charge in [-0.2, -0.15) is 0 Å². The molecule has 1 heterocycles. The number of fused-ring (bicyclic) bond motifs is 1. The molecule has 1 aliphatic rings. The first-order chi connectivity index (χ1) is 18.0. The summed E-state index contributed by atoms with van der Waals surface area (Å²) in [4.78, 5) is 39.5. The molecule has 0 aromatic heterocycles. The van der Waals surface area contributed by atoms with E-state index in [1.807, 2.05) is 25.1 Å². The van der Waals surface area contributed by atoms with Crippen molar-refractivity contribution in [3.8, 4) is 11.5 Å². The first-order valence-corrected chi connectivity index (χ1v) is 11.8. The van der Waals surface area contributed by atoms with Crippen LogP contribution < -0.4 is 20.1 Å². The molecule has 0 bridgehead atoms. The maximum atomic E-state index is 13.3. The van der Waals surface area contributed by atoms with Crippen LogP contribution in [-0.4, -0.2) is 30.3 Å². The Morgan fingerprint density at radius 2 is 1.41 bits per heavy atom. The van der Waals surface area contributed by atoms with Crippen molar-refractivity contribution >= 4 is 29.0 Å². The van der Waals surface area contributed by atoms with Crippen molar-refractivity contribution in [3.63, 3.8) is 0 Å². The molecule has 0 spiro atoms. The van der Waals surface area contributed by atoms with Crippen LogP contribution in [0.3, 0.4) is 0 Å². The van der Waals surface area contributed by atoms with Crippen LogP contribution in [0.25, 0.3) is 0 Å². The molecular formula is C30H24N2O5. The van der Waals surface area contributed by atoms with Crippen molar-refractivity contribution < 1.29 is 23.9 Å². The SMILES string of the molecule is Cc1ccc(NC(=O)c2ccccc2NC(=O)[C@H]2COc3ccccc3O2)c(C(=O)c2ccccc2)c1. The molecule has 0 fully saturated rings. The highest BCUT2D eigenvalue weighted by Gasteiger charge is 2.28. The molecule has 0 aliphatic carbocycles. The summed E-state index contributed by atoms with van der Waals surface area (Å²) in [6.07, 6.45) is -0.877. The standard InChI is InChI=1S/C30H24N2O5/c1-19-15-16-24(22(17-19)28(33)20-9-3-2-4-10-20)31-29(34)21-11-5-6-12-23(21)32-30(35)27-18-36-25-13-7-8-14-26(25)37-27/h2-17,27H,18H2,1H3,(H,31,34)(H,32,35)/t27-/m1/s1. The Bertz CT molecular complexity index is 1480. The molecule has 4 aromatic rings. The van der Waals surface area contributed by atoms with Gasteiger partial charge in [-0.1, -0.05) is 66.2 Å². The molecule has 0 radical (unpaired) electrons. The van der Waals surface area contributed by atoms with E-state index < -0.39 is 17.9 Å². The van der Waals surface area contributed by atoms with E-state index in [9.17, 15) is 14.4 Å². The van der Waals surface area contributed by atoms with Gasteiger partial charge in [-0.25, -0.2) is 0 Å². The largest absolute Gasteiger partial charge is 0.485 e. The van der Waals surface area contributed by atoms with E-state index in [4.69, 9.17) is 9.47 Å². The highest BCUT2D eigenvalue weighted by Crippen LogP contribution is 2.31. The fourth-order valence-electron chi connectivity index (χ4n) is 4.04. The summed E-state index contributed by atoms with van der Waals surface area (Å²) in [5, 5.41) is 5.62. The molecule has 4 aromatic carbocycles. The first-order valence-electron chi connectivity index (χ1n) is 11.8. The Balaban J connectivity index is 1.35. The number of amides is 2. The summed E-state index contributed by atoms with van der Waals surface area (Å²) in [6.45, 7) is 1.93. The van der Waals surface area contributed by atoms with Crippen LogP contribution in [0.1, 0.15) is 31.8 Å². The van der Waals surface area contributed by atoms with Crippen molar-refractivity contribution in [2.45, 2.75) is 13.0 Å². The minimum absolute atomic E-state index is 0.0472. The van der Waals surface area contributed by atoms with Gasteiger partial charge >= 0.3 is 0 Å². The number of nitrogens with one attached hydrogen (secondary N) is 2. The number of carbonyl (C=O) groups excluding carboxylic acids is 3. The zero-order valence-electron chi connectivity index (χ0n) is 20.1. The Morgan fingerprint density at radius 3 is 2.22 bits per heavy atom. The summed E-state index contributed by atoms with van der Waals surface area (Å²) in [5.41, 5.74) is 2.73. The number of ketones is 1. The van der Waals surface area contributed by atoms with Crippen molar-refractivity contribution in [2.24, 2.45) is 0 Å². The molecule has 0 saturated carbocycles. The number of hydrogen-bond acceptors (Lipinski definition) is 5. The van der Waals surface area contributed by atoms with Gasteiger partial charge in [0, 0.05) is 11.1 Å². The van der Waals surface area contributed by atoms with Crippen LogP contribution in [0.4, 0.5) is 11.4 Å². The molecule has 2 N–H and O–H groups in total. The quantitative estimate of drug-likeness (QED) is 0.358. The van der Waals surface area contributed by atoms with Gasteiger partial charge in [-0.15, -0.1) is 0 Å². The highest BCUT2D eigenvalue weighted by atomic mass is 16.6. The normalized spacial score (nSPS) is 13.9. The van der Waals surface area contributed by atoms with E-state index in [-0.39, 0.29) is 18.0 Å². The van der Waals surface area contributed by atoms with Crippen molar-refractivity contribution in [1.29, 1.82) is 0 Å². The third-order valence-electron chi connectivity index (χ3n) is 5.93. The monoisotopic (exact) mass is 492 g/mol. The van der Waals surface area contributed by atoms with Crippen LogP contribution in [0.15, 0.2) is 97.1 Å². The second-order valence-corrected chi connectivity index (χ2v) is 8.60. The molecule has 7 nitrogen and oxygen atoms in total. The second-order valence-electron chi connectivity index (χ2n) is 8.60. The van der Waals surface area contributed by atoms with E-state index in [2.05, 4.69) is 10.6 Å². The number of rotatable bonds is 6. The molecule has 1 atom stereocenters. The second kappa shape index (κ2) is 10.4. The third kappa shape index (κ3) is 5.21. The van der Waals surface area contributed by atoms with Crippen molar-refractivity contribution in [1.82, 2.24) is 0 Å². The predicted molar refractivity (Wildman–Crippen MR) is 140 cm³/mol. The first kappa shape index (κ1) is 23.8.